The van der Waals surface area contributed by atoms with Crippen LogP contribution in [0.25, 0.3) is 0 Å². The number of rotatable bonds is 7. The van der Waals surface area contributed by atoms with Crippen LogP contribution in [0.3, 0.4) is 0 Å². The zero-order valence-corrected chi connectivity index (χ0v) is 16.0. The van der Waals surface area contributed by atoms with Crippen molar-refractivity contribution in [1.82, 2.24) is 0 Å². The van der Waals surface area contributed by atoms with Gasteiger partial charge in [-0.1, -0.05) is 0 Å². The Morgan fingerprint density at radius 3 is 1.10 bits per heavy atom. The van der Waals surface area contributed by atoms with E-state index in [4.69, 9.17) is 0 Å². The summed E-state index contributed by atoms with van der Waals surface area (Å²) in [5.41, 5.74) is 6.98. The summed E-state index contributed by atoms with van der Waals surface area (Å²) in [6.45, 7) is 2.13. The van der Waals surface area contributed by atoms with E-state index < -0.39 is 21.8 Å². The van der Waals surface area contributed by atoms with Crippen LogP contribution in [0.1, 0.15) is 33.6 Å². The third kappa shape index (κ3) is 10.4. The predicted molar refractivity (Wildman–Crippen MR) is 99.6 cm³/mol. The molecule has 2 aromatic carbocycles. The summed E-state index contributed by atoms with van der Waals surface area (Å²) in [7, 11) is 0. The number of non-ortho nitro benzene ring substituents is 2. The Morgan fingerprint density at radius 1 is 0.667 bits per heavy atom. The number of unbranched alkanes of at least 4 members (excludes halogenated alkanes) is 1. The average Bonchev–Trinajstić information content (AvgIpc) is 2.73. The summed E-state index contributed by atoms with van der Waals surface area (Å²) in [5.74, 6) is -2.69. The van der Waals surface area contributed by atoms with Crippen LogP contribution in [-0.4, -0.2) is 34.9 Å². The van der Waals surface area contributed by atoms with Crippen molar-refractivity contribution in [3.63, 3.8) is 0 Å². The molecule has 12 nitrogen and oxygen atoms in total. The van der Waals surface area contributed by atoms with Gasteiger partial charge in [-0.3, -0.25) is 20.2 Å². The van der Waals surface area contributed by atoms with Gasteiger partial charge in [0.1, 0.15) is 0 Å². The van der Waals surface area contributed by atoms with Gasteiger partial charge in [0.05, 0.1) is 34.9 Å². The van der Waals surface area contributed by atoms with Crippen molar-refractivity contribution in [2.24, 2.45) is 0 Å². The maximum Gasteiger partial charge on any atom is 0.269 e. The van der Waals surface area contributed by atoms with Gasteiger partial charge >= 0.3 is 0 Å². The minimum absolute atomic E-state index is 0.0689. The normalized spacial score (nSPS) is 9.27. The fourth-order valence-electron chi connectivity index (χ4n) is 1.79. The lowest BCUT2D eigenvalue weighted by molar-refractivity contribution is -0.385. The smallest absolute Gasteiger partial charge is 0.269 e. The number of nitro groups is 2. The molecule has 0 aliphatic rings. The van der Waals surface area contributed by atoms with E-state index in [1.54, 1.807) is 0 Å². The van der Waals surface area contributed by atoms with Crippen LogP contribution in [0.2, 0.25) is 0 Å². The van der Waals surface area contributed by atoms with Crippen molar-refractivity contribution >= 4 is 23.3 Å². The third-order valence-electron chi connectivity index (χ3n) is 3.38. The number of quaternary nitrogens is 2. The van der Waals surface area contributed by atoms with E-state index in [1.807, 2.05) is 0 Å². The molecule has 2 rings (SSSR count). The number of carbonyl (C=O) groups is 2. The Bertz CT molecular complexity index is 701. The molecule has 0 aromatic heterocycles. The number of hydrogen-bond donors (Lipinski definition) is 2. The van der Waals surface area contributed by atoms with E-state index in [0.29, 0.717) is 0 Å². The van der Waals surface area contributed by atoms with Gasteiger partial charge in [-0.15, -0.1) is 0 Å². The van der Waals surface area contributed by atoms with Gasteiger partial charge in [0.2, 0.25) is 0 Å². The molecule has 0 unspecified atom stereocenters. The SMILES string of the molecule is O=C([O-])c1ccc([N+](=O)[O-])cc1.O=C([O-])c1ccc([N+](=O)[O-])cc1.[NH3+]CCCC[NH3+]. The van der Waals surface area contributed by atoms with E-state index in [9.17, 15) is 40.0 Å². The summed E-state index contributed by atoms with van der Waals surface area (Å²) in [6, 6.07) is 8.99. The molecule has 6 N–H and O–H groups in total. The van der Waals surface area contributed by atoms with Crippen molar-refractivity contribution in [3.05, 3.63) is 79.9 Å². The molecule has 0 saturated carbocycles. The molecule has 0 heterocycles. The highest BCUT2D eigenvalue weighted by Crippen LogP contribution is 2.11. The number of nitro benzene ring substituents is 2. The fraction of sp³-hybridized carbons (Fsp3) is 0.222. The first-order chi connectivity index (χ1) is 14.1. The molecule has 2 aromatic rings. The number of carbonyl (C=O) groups excluding carboxylic acids is 2. The van der Waals surface area contributed by atoms with Gasteiger partial charge in [-0.2, -0.15) is 0 Å². The topological polar surface area (TPSA) is 222 Å². The van der Waals surface area contributed by atoms with E-state index in [2.05, 4.69) is 11.5 Å². The molecule has 0 radical (unpaired) electrons. The largest absolute Gasteiger partial charge is 0.545 e. The number of nitrogens with zero attached hydrogens (tertiary/aromatic N) is 2. The van der Waals surface area contributed by atoms with Gasteiger partial charge in [-0.25, -0.2) is 0 Å². The van der Waals surface area contributed by atoms with Crippen molar-refractivity contribution < 1.29 is 41.1 Å². The molecule has 0 amide bonds. The summed E-state index contributed by atoms with van der Waals surface area (Å²) in [5, 5.41) is 40.7. The Balaban J connectivity index is 0.000000447. The molecular weight excluding hydrogens is 400 g/mol. The number of aromatic carboxylic acids is 2. The molecule has 12 heteroatoms. The number of carboxylic acids is 2. The lowest BCUT2D eigenvalue weighted by Crippen LogP contribution is -2.53. The van der Waals surface area contributed by atoms with Crippen LogP contribution in [0.4, 0.5) is 11.4 Å². The van der Waals surface area contributed by atoms with E-state index in [-0.39, 0.29) is 22.5 Å². The zero-order valence-electron chi connectivity index (χ0n) is 16.0. The van der Waals surface area contributed by atoms with Gasteiger partial charge in [0.15, 0.2) is 0 Å². The molecule has 30 heavy (non-hydrogen) atoms. The first-order valence-corrected chi connectivity index (χ1v) is 8.64. The average molecular weight is 422 g/mol. The highest BCUT2D eigenvalue weighted by atomic mass is 16.6. The summed E-state index contributed by atoms with van der Waals surface area (Å²) in [4.78, 5) is 39.5. The second-order valence-corrected chi connectivity index (χ2v) is 5.60. The van der Waals surface area contributed by atoms with Crippen LogP contribution >= 0.6 is 0 Å². The number of benzene rings is 2. The van der Waals surface area contributed by atoms with Gasteiger partial charge in [0.25, 0.3) is 11.4 Å². The fourth-order valence-corrected chi connectivity index (χ4v) is 1.79. The van der Waals surface area contributed by atoms with E-state index in [1.165, 1.54) is 12.8 Å². The second kappa shape index (κ2) is 14.1. The Kier molecular flexibility index (Phi) is 12.3. The zero-order chi connectivity index (χ0) is 23.1. The first-order valence-electron chi connectivity index (χ1n) is 8.64. The third-order valence-corrected chi connectivity index (χ3v) is 3.38. The first kappa shape index (κ1) is 26.1. The minimum atomic E-state index is -1.34. The van der Waals surface area contributed by atoms with Crippen LogP contribution in [0, 0.1) is 20.2 Å². The molecular formula is C18H22N4O8. The van der Waals surface area contributed by atoms with Crippen LogP contribution < -0.4 is 21.7 Å². The number of carboxylic acid groups (broad SMARTS) is 2. The van der Waals surface area contributed by atoms with E-state index >= 15 is 0 Å². The Morgan fingerprint density at radius 2 is 0.933 bits per heavy atom. The van der Waals surface area contributed by atoms with Gasteiger partial charge in [0, 0.05) is 37.1 Å². The lowest BCUT2D eigenvalue weighted by Gasteiger charge is -1.99. The molecule has 0 atom stereocenters. The van der Waals surface area contributed by atoms with Crippen LogP contribution in [0.5, 0.6) is 0 Å². The standard InChI is InChI=1S/2C7H5NO4.C4H12N2/c2*9-7(10)5-1-3-6(4-2-5)8(11)12;5-3-1-2-4-6/h2*1-4H,(H,9,10);1-6H2. The molecule has 0 fully saturated rings. The van der Waals surface area contributed by atoms with Crippen molar-refractivity contribution in [2.45, 2.75) is 12.8 Å². The Hall–Kier alpha value is -3.90. The van der Waals surface area contributed by atoms with Crippen molar-refractivity contribution in [2.75, 3.05) is 13.1 Å². The second-order valence-electron chi connectivity index (χ2n) is 5.60. The molecule has 0 aliphatic carbocycles. The summed E-state index contributed by atoms with van der Waals surface area (Å²) in [6.07, 6.45) is 2.48. The van der Waals surface area contributed by atoms with Crippen LogP contribution in [-0.2, 0) is 0 Å². The maximum atomic E-state index is 10.2. The molecule has 162 valence electrons. The molecule has 0 saturated heterocycles. The highest BCUT2D eigenvalue weighted by molar-refractivity contribution is 5.86. The summed E-state index contributed by atoms with van der Waals surface area (Å²) >= 11 is 0. The van der Waals surface area contributed by atoms with Crippen molar-refractivity contribution in [3.8, 4) is 0 Å². The van der Waals surface area contributed by atoms with Crippen molar-refractivity contribution in [1.29, 1.82) is 0 Å². The molecule has 0 spiro atoms. The van der Waals surface area contributed by atoms with Gasteiger partial charge in [-0.05, 0) is 35.4 Å². The maximum absolute atomic E-state index is 10.2. The quantitative estimate of drug-likeness (QED) is 0.292. The molecule has 0 aliphatic heterocycles. The molecule has 0 bridgehead atoms. The van der Waals surface area contributed by atoms with Gasteiger partial charge < -0.3 is 31.3 Å². The Labute approximate surface area is 171 Å². The highest BCUT2D eigenvalue weighted by Gasteiger charge is 2.04. The predicted octanol–water partition coefficient (Wildman–Crippen LogP) is -1.83. The lowest BCUT2D eigenvalue weighted by atomic mass is 10.2. The monoisotopic (exact) mass is 422 g/mol. The van der Waals surface area contributed by atoms with Crippen LogP contribution in [0.15, 0.2) is 48.5 Å². The number of hydrogen-bond acceptors (Lipinski definition) is 8. The van der Waals surface area contributed by atoms with E-state index in [0.717, 1.165) is 61.6 Å². The summed E-state index contributed by atoms with van der Waals surface area (Å²) < 4.78 is 0. The minimum Gasteiger partial charge on any atom is -0.545 e.